The molecule has 0 saturated carbocycles. The summed E-state index contributed by atoms with van der Waals surface area (Å²) >= 11 is 0. The highest BCUT2D eigenvalue weighted by molar-refractivity contribution is 5.19. The Hall–Kier alpha value is -1.75. The summed E-state index contributed by atoms with van der Waals surface area (Å²) in [5.74, 6) is 0. The summed E-state index contributed by atoms with van der Waals surface area (Å²) in [6.07, 6.45) is 6.62. The molecular weight excluding hydrogens is 226 g/mol. The minimum atomic E-state index is 0.0132. The van der Waals surface area contributed by atoms with Gasteiger partial charge in [0.15, 0.2) is 0 Å². The number of hydrogen-bond donors (Lipinski definition) is 1. The number of aromatic nitrogens is 4. The minimum absolute atomic E-state index is 0.0132. The second kappa shape index (κ2) is 5.73. The van der Waals surface area contributed by atoms with Crippen molar-refractivity contribution in [2.45, 2.75) is 26.3 Å². The van der Waals surface area contributed by atoms with Crippen LogP contribution in [0.25, 0.3) is 0 Å². The molecule has 18 heavy (non-hydrogen) atoms. The highest BCUT2D eigenvalue weighted by atomic mass is 15.3. The third-order valence-electron chi connectivity index (χ3n) is 2.73. The molecule has 2 heterocycles. The SMILES string of the molecule is CCCNC(c1cnc(C)cn1)c1ccn(C)n1. The Morgan fingerprint density at radius 3 is 2.67 bits per heavy atom. The first-order chi connectivity index (χ1) is 8.70. The molecule has 0 radical (unpaired) electrons. The maximum absolute atomic E-state index is 4.45. The molecule has 2 aromatic rings. The minimum Gasteiger partial charge on any atom is -0.304 e. The second-order valence-corrected chi connectivity index (χ2v) is 4.38. The predicted octanol–water partition coefficient (Wildman–Crippen LogP) is 1.61. The van der Waals surface area contributed by atoms with Crippen molar-refractivity contribution in [1.29, 1.82) is 0 Å². The van der Waals surface area contributed by atoms with Gasteiger partial charge < -0.3 is 5.32 Å². The summed E-state index contributed by atoms with van der Waals surface area (Å²) < 4.78 is 1.80. The Bertz CT molecular complexity index is 488. The maximum atomic E-state index is 4.45. The summed E-state index contributed by atoms with van der Waals surface area (Å²) in [4.78, 5) is 8.75. The Kier molecular flexibility index (Phi) is 4.04. The monoisotopic (exact) mass is 245 g/mol. The zero-order valence-corrected chi connectivity index (χ0v) is 11.1. The molecule has 0 aliphatic carbocycles. The number of aryl methyl sites for hydroxylation is 2. The zero-order valence-electron chi connectivity index (χ0n) is 11.1. The van der Waals surface area contributed by atoms with Crippen LogP contribution in [-0.4, -0.2) is 26.3 Å². The van der Waals surface area contributed by atoms with Crippen molar-refractivity contribution in [2.24, 2.45) is 7.05 Å². The van der Waals surface area contributed by atoms with E-state index in [4.69, 9.17) is 0 Å². The van der Waals surface area contributed by atoms with Crippen molar-refractivity contribution in [3.05, 3.63) is 41.7 Å². The summed E-state index contributed by atoms with van der Waals surface area (Å²) in [5, 5.41) is 7.91. The van der Waals surface area contributed by atoms with Crippen LogP contribution in [0.5, 0.6) is 0 Å². The van der Waals surface area contributed by atoms with Gasteiger partial charge in [0.1, 0.15) is 0 Å². The summed E-state index contributed by atoms with van der Waals surface area (Å²) in [6.45, 7) is 5.01. The fourth-order valence-corrected chi connectivity index (χ4v) is 1.79. The molecule has 0 aliphatic rings. The van der Waals surface area contributed by atoms with E-state index in [1.165, 1.54) is 0 Å². The van der Waals surface area contributed by atoms with E-state index in [9.17, 15) is 0 Å². The van der Waals surface area contributed by atoms with Crippen molar-refractivity contribution in [1.82, 2.24) is 25.1 Å². The van der Waals surface area contributed by atoms with Gasteiger partial charge in [0.2, 0.25) is 0 Å². The zero-order chi connectivity index (χ0) is 13.0. The van der Waals surface area contributed by atoms with Crippen molar-refractivity contribution in [3.63, 3.8) is 0 Å². The first kappa shape index (κ1) is 12.7. The van der Waals surface area contributed by atoms with Gasteiger partial charge in [-0.25, -0.2) is 0 Å². The highest BCUT2D eigenvalue weighted by Gasteiger charge is 2.17. The van der Waals surface area contributed by atoms with E-state index in [1.807, 2.05) is 32.4 Å². The van der Waals surface area contributed by atoms with Crippen molar-refractivity contribution in [3.8, 4) is 0 Å². The number of rotatable bonds is 5. The lowest BCUT2D eigenvalue weighted by Crippen LogP contribution is -2.24. The molecule has 0 spiro atoms. The van der Waals surface area contributed by atoms with E-state index in [2.05, 4.69) is 27.3 Å². The summed E-state index contributed by atoms with van der Waals surface area (Å²) in [5.41, 5.74) is 2.81. The maximum Gasteiger partial charge on any atom is 0.0959 e. The molecule has 0 aromatic carbocycles. The average molecular weight is 245 g/mol. The first-order valence-electron chi connectivity index (χ1n) is 6.22. The van der Waals surface area contributed by atoms with E-state index in [1.54, 1.807) is 10.9 Å². The Balaban J connectivity index is 2.27. The van der Waals surface area contributed by atoms with Gasteiger partial charge in [-0.15, -0.1) is 0 Å². The lowest BCUT2D eigenvalue weighted by atomic mass is 10.1. The Morgan fingerprint density at radius 2 is 2.11 bits per heavy atom. The van der Waals surface area contributed by atoms with E-state index in [0.717, 1.165) is 30.0 Å². The van der Waals surface area contributed by atoms with E-state index >= 15 is 0 Å². The lowest BCUT2D eigenvalue weighted by molar-refractivity contribution is 0.562. The van der Waals surface area contributed by atoms with Gasteiger partial charge in [-0.05, 0) is 26.0 Å². The average Bonchev–Trinajstić information content (AvgIpc) is 2.78. The van der Waals surface area contributed by atoms with Gasteiger partial charge in [0, 0.05) is 19.4 Å². The highest BCUT2D eigenvalue weighted by Crippen LogP contribution is 2.17. The van der Waals surface area contributed by atoms with Gasteiger partial charge in [-0.2, -0.15) is 5.10 Å². The summed E-state index contributed by atoms with van der Waals surface area (Å²) in [7, 11) is 1.92. The molecule has 0 saturated heterocycles. The van der Waals surface area contributed by atoms with Crippen LogP contribution in [0.15, 0.2) is 24.7 Å². The Labute approximate surface area is 107 Å². The molecule has 1 unspecified atom stereocenters. The molecule has 0 fully saturated rings. The van der Waals surface area contributed by atoms with Crippen molar-refractivity contribution in [2.75, 3.05) is 6.54 Å². The molecule has 5 heteroatoms. The van der Waals surface area contributed by atoms with Crippen LogP contribution < -0.4 is 5.32 Å². The molecule has 0 bridgehead atoms. The van der Waals surface area contributed by atoms with E-state index in [-0.39, 0.29) is 6.04 Å². The number of nitrogens with one attached hydrogen (secondary N) is 1. The Morgan fingerprint density at radius 1 is 1.28 bits per heavy atom. The van der Waals surface area contributed by atoms with Gasteiger partial charge >= 0.3 is 0 Å². The molecule has 0 aliphatic heterocycles. The second-order valence-electron chi connectivity index (χ2n) is 4.38. The van der Waals surface area contributed by atoms with Gasteiger partial charge in [0.05, 0.1) is 29.3 Å². The molecule has 0 amide bonds. The van der Waals surface area contributed by atoms with Crippen LogP contribution in [0.2, 0.25) is 0 Å². The molecule has 1 atom stereocenters. The van der Waals surface area contributed by atoms with Crippen LogP contribution in [0.1, 0.15) is 36.5 Å². The topological polar surface area (TPSA) is 55.6 Å². The van der Waals surface area contributed by atoms with Crippen LogP contribution >= 0.6 is 0 Å². The standard InChI is InChI=1S/C13H19N5/c1-4-6-14-13(11-5-7-18(3)17-11)12-9-15-10(2)8-16-12/h5,7-9,13-14H,4,6H2,1-3H3. The fourth-order valence-electron chi connectivity index (χ4n) is 1.79. The molecule has 2 aromatic heterocycles. The van der Waals surface area contributed by atoms with E-state index < -0.39 is 0 Å². The largest absolute Gasteiger partial charge is 0.304 e. The van der Waals surface area contributed by atoms with Crippen LogP contribution in [-0.2, 0) is 7.05 Å². The fraction of sp³-hybridized carbons (Fsp3) is 0.462. The molecular formula is C13H19N5. The molecule has 5 nitrogen and oxygen atoms in total. The van der Waals surface area contributed by atoms with Crippen LogP contribution in [0, 0.1) is 6.92 Å². The normalized spacial score (nSPS) is 12.6. The van der Waals surface area contributed by atoms with E-state index in [0.29, 0.717) is 0 Å². The summed E-state index contributed by atoms with van der Waals surface area (Å²) in [6, 6.07) is 2.02. The van der Waals surface area contributed by atoms with Gasteiger partial charge in [-0.1, -0.05) is 6.92 Å². The third kappa shape index (κ3) is 2.92. The smallest absolute Gasteiger partial charge is 0.0959 e. The molecule has 1 N–H and O–H groups in total. The van der Waals surface area contributed by atoms with Gasteiger partial charge in [-0.3, -0.25) is 14.6 Å². The predicted molar refractivity (Wildman–Crippen MR) is 70.1 cm³/mol. The lowest BCUT2D eigenvalue weighted by Gasteiger charge is -2.15. The number of hydrogen-bond acceptors (Lipinski definition) is 4. The van der Waals surface area contributed by atoms with Gasteiger partial charge in [0.25, 0.3) is 0 Å². The van der Waals surface area contributed by atoms with Crippen molar-refractivity contribution >= 4 is 0 Å². The van der Waals surface area contributed by atoms with Crippen LogP contribution in [0.4, 0.5) is 0 Å². The molecule has 96 valence electrons. The molecule has 2 rings (SSSR count). The van der Waals surface area contributed by atoms with Crippen LogP contribution in [0.3, 0.4) is 0 Å². The quantitative estimate of drug-likeness (QED) is 0.869. The number of nitrogens with zero attached hydrogens (tertiary/aromatic N) is 4. The third-order valence-corrected chi connectivity index (χ3v) is 2.73. The van der Waals surface area contributed by atoms with Crippen molar-refractivity contribution < 1.29 is 0 Å². The first-order valence-corrected chi connectivity index (χ1v) is 6.22.